The number of anilines is 2. The average Bonchev–Trinajstić information content (AvgIpc) is 2.37. The smallest absolute Gasteiger partial charge is 0.323 e. The van der Waals surface area contributed by atoms with E-state index in [2.05, 4.69) is 26.6 Å². The lowest BCUT2D eigenvalue weighted by Gasteiger charge is -2.12. The van der Waals surface area contributed by atoms with Crippen LogP contribution in [0.5, 0.6) is 0 Å². The summed E-state index contributed by atoms with van der Waals surface area (Å²) < 4.78 is 0.849. The van der Waals surface area contributed by atoms with Gasteiger partial charge in [-0.2, -0.15) is 0 Å². The van der Waals surface area contributed by atoms with Gasteiger partial charge < -0.3 is 15.7 Å². The van der Waals surface area contributed by atoms with Crippen LogP contribution in [0.25, 0.3) is 0 Å². The van der Waals surface area contributed by atoms with Crippen molar-refractivity contribution in [3.05, 3.63) is 56.5 Å². The van der Waals surface area contributed by atoms with Crippen LogP contribution in [0.3, 0.4) is 0 Å². The molecule has 0 aliphatic carbocycles. The van der Waals surface area contributed by atoms with E-state index in [9.17, 15) is 9.90 Å². The molecular formula is C14H11BrCl2N2O2. The van der Waals surface area contributed by atoms with E-state index in [4.69, 9.17) is 23.2 Å². The van der Waals surface area contributed by atoms with E-state index in [1.807, 2.05) is 6.07 Å². The minimum absolute atomic E-state index is 0.294. The van der Waals surface area contributed by atoms with Gasteiger partial charge in [-0.25, -0.2) is 4.79 Å². The van der Waals surface area contributed by atoms with Crippen LogP contribution in [0.2, 0.25) is 10.0 Å². The molecule has 0 aliphatic heterocycles. The van der Waals surface area contributed by atoms with Crippen LogP contribution in [-0.4, -0.2) is 11.1 Å². The standard InChI is InChI=1S/C14H11BrCl2N2O2/c15-8-2-1-3-10(4-8)18-14(21)19-13-6-9(16)5-12(17)11(13)7-20/h1-6,20H,7H2,(H2,18,19,21). The Bertz CT molecular complexity index is 680. The van der Waals surface area contributed by atoms with Crippen LogP contribution in [-0.2, 0) is 6.61 Å². The Hall–Kier alpha value is -1.27. The number of nitrogens with one attached hydrogen (secondary N) is 2. The van der Waals surface area contributed by atoms with Crippen LogP contribution in [0.15, 0.2) is 40.9 Å². The second kappa shape index (κ2) is 7.13. The van der Waals surface area contributed by atoms with Crippen LogP contribution in [0.4, 0.5) is 16.2 Å². The minimum atomic E-state index is -0.457. The average molecular weight is 390 g/mol. The normalized spacial score (nSPS) is 10.3. The molecule has 0 atom stereocenters. The second-order valence-electron chi connectivity index (χ2n) is 4.16. The zero-order chi connectivity index (χ0) is 15.4. The number of rotatable bonds is 3. The molecule has 0 unspecified atom stereocenters. The molecule has 0 saturated carbocycles. The summed E-state index contributed by atoms with van der Waals surface area (Å²) in [6.45, 7) is -0.303. The van der Waals surface area contributed by atoms with Crippen molar-refractivity contribution in [1.82, 2.24) is 0 Å². The fourth-order valence-corrected chi connectivity index (χ4v) is 2.68. The number of benzene rings is 2. The van der Waals surface area contributed by atoms with Crippen LogP contribution in [0.1, 0.15) is 5.56 Å². The van der Waals surface area contributed by atoms with Gasteiger partial charge in [0.05, 0.1) is 12.3 Å². The van der Waals surface area contributed by atoms with Gasteiger partial charge in [0.25, 0.3) is 0 Å². The number of carbonyl (C=O) groups excluding carboxylic acids is 1. The molecule has 4 nitrogen and oxygen atoms in total. The highest BCUT2D eigenvalue weighted by Crippen LogP contribution is 2.29. The van der Waals surface area contributed by atoms with E-state index in [1.54, 1.807) is 18.2 Å². The van der Waals surface area contributed by atoms with Gasteiger partial charge in [-0.05, 0) is 30.3 Å². The Balaban J connectivity index is 2.16. The van der Waals surface area contributed by atoms with Gasteiger partial charge in [-0.3, -0.25) is 0 Å². The first-order valence-electron chi connectivity index (χ1n) is 5.92. The summed E-state index contributed by atoms with van der Waals surface area (Å²) >= 11 is 15.2. The maximum atomic E-state index is 12.0. The van der Waals surface area contributed by atoms with Crippen molar-refractivity contribution >= 4 is 56.5 Å². The summed E-state index contributed by atoms with van der Waals surface area (Å²) in [6.07, 6.45) is 0. The van der Waals surface area contributed by atoms with Crippen molar-refractivity contribution in [3.63, 3.8) is 0 Å². The maximum absolute atomic E-state index is 12.0. The minimum Gasteiger partial charge on any atom is -0.392 e. The molecule has 110 valence electrons. The van der Waals surface area contributed by atoms with E-state index < -0.39 is 6.03 Å². The van der Waals surface area contributed by atoms with Crippen molar-refractivity contribution in [2.24, 2.45) is 0 Å². The molecule has 0 saturated heterocycles. The molecule has 2 aromatic rings. The summed E-state index contributed by atoms with van der Waals surface area (Å²) in [6, 6.07) is 9.74. The molecule has 0 fully saturated rings. The fraction of sp³-hybridized carbons (Fsp3) is 0.0714. The number of urea groups is 1. The topological polar surface area (TPSA) is 61.4 Å². The predicted molar refractivity (Wildman–Crippen MR) is 89.2 cm³/mol. The summed E-state index contributed by atoms with van der Waals surface area (Å²) in [5.74, 6) is 0. The third kappa shape index (κ3) is 4.35. The molecule has 0 radical (unpaired) electrons. The molecule has 0 aromatic heterocycles. The van der Waals surface area contributed by atoms with Gasteiger partial charge in [0.2, 0.25) is 0 Å². The van der Waals surface area contributed by atoms with Gasteiger partial charge in [-0.1, -0.05) is 45.2 Å². The van der Waals surface area contributed by atoms with Gasteiger partial charge in [0.1, 0.15) is 0 Å². The van der Waals surface area contributed by atoms with Gasteiger partial charge in [0.15, 0.2) is 0 Å². The lowest BCUT2D eigenvalue weighted by atomic mass is 10.2. The quantitative estimate of drug-likeness (QED) is 0.699. The first kappa shape index (κ1) is 16.1. The number of hydrogen-bond donors (Lipinski definition) is 3. The van der Waals surface area contributed by atoms with E-state index in [0.717, 1.165) is 4.47 Å². The Morgan fingerprint density at radius 2 is 1.95 bits per heavy atom. The molecule has 2 amide bonds. The summed E-state index contributed by atoms with van der Waals surface area (Å²) in [7, 11) is 0. The molecule has 7 heteroatoms. The monoisotopic (exact) mass is 388 g/mol. The molecule has 0 bridgehead atoms. The highest BCUT2D eigenvalue weighted by Gasteiger charge is 2.11. The first-order chi connectivity index (χ1) is 9.99. The van der Waals surface area contributed by atoms with Crippen molar-refractivity contribution in [3.8, 4) is 0 Å². The summed E-state index contributed by atoms with van der Waals surface area (Å²) in [5, 5.41) is 15.3. The molecular weight excluding hydrogens is 379 g/mol. The highest BCUT2D eigenvalue weighted by atomic mass is 79.9. The van der Waals surface area contributed by atoms with E-state index in [-0.39, 0.29) is 6.61 Å². The van der Waals surface area contributed by atoms with Gasteiger partial charge >= 0.3 is 6.03 Å². The predicted octanol–water partition coefficient (Wildman–Crippen LogP) is 4.89. The highest BCUT2D eigenvalue weighted by molar-refractivity contribution is 9.10. The van der Waals surface area contributed by atoms with Crippen molar-refractivity contribution in [2.45, 2.75) is 6.61 Å². The number of carbonyl (C=O) groups is 1. The maximum Gasteiger partial charge on any atom is 0.323 e. The SMILES string of the molecule is O=C(Nc1cccc(Br)c1)Nc1cc(Cl)cc(Cl)c1CO. The first-order valence-corrected chi connectivity index (χ1v) is 7.47. The van der Waals surface area contributed by atoms with Crippen molar-refractivity contribution in [2.75, 3.05) is 10.6 Å². The molecule has 2 rings (SSSR count). The van der Waals surface area contributed by atoms with Crippen molar-refractivity contribution in [1.29, 1.82) is 0 Å². The summed E-state index contributed by atoms with van der Waals surface area (Å²) in [5.41, 5.74) is 1.40. The van der Waals surface area contributed by atoms with E-state index in [1.165, 1.54) is 12.1 Å². The number of halogens is 3. The Morgan fingerprint density at radius 1 is 1.19 bits per heavy atom. The Labute approximate surface area is 140 Å². The summed E-state index contributed by atoms with van der Waals surface area (Å²) in [4.78, 5) is 12.0. The number of amides is 2. The number of aliphatic hydroxyl groups is 1. The van der Waals surface area contributed by atoms with Crippen LogP contribution < -0.4 is 10.6 Å². The third-order valence-corrected chi connectivity index (χ3v) is 3.70. The Kier molecular flexibility index (Phi) is 5.47. The van der Waals surface area contributed by atoms with Gasteiger partial charge in [0, 0.05) is 25.8 Å². The number of aliphatic hydroxyl groups excluding tert-OH is 1. The third-order valence-electron chi connectivity index (χ3n) is 2.65. The molecule has 0 aliphatic rings. The lowest BCUT2D eigenvalue weighted by Crippen LogP contribution is -2.20. The van der Waals surface area contributed by atoms with E-state index >= 15 is 0 Å². The molecule has 0 heterocycles. The van der Waals surface area contributed by atoms with Crippen molar-refractivity contribution < 1.29 is 9.90 Å². The lowest BCUT2D eigenvalue weighted by molar-refractivity contribution is 0.262. The molecule has 0 spiro atoms. The Morgan fingerprint density at radius 3 is 2.62 bits per heavy atom. The molecule has 21 heavy (non-hydrogen) atoms. The zero-order valence-corrected chi connectivity index (χ0v) is 13.8. The van der Waals surface area contributed by atoms with E-state index in [0.29, 0.717) is 27.0 Å². The van der Waals surface area contributed by atoms with Crippen LogP contribution in [0, 0.1) is 0 Å². The second-order valence-corrected chi connectivity index (χ2v) is 5.92. The molecule has 3 N–H and O–H groups in total. The van der Waals surface area contributed by atoms with Crippen LogP contribution >= 0.6 is 39.1 Å². The number of hydrogen-bond acceptors (Lipinski definition) is 2. The van der Waals surface area contributed by atoms with Gasteiger partial charge in [-0.15, -0.1) is 0 Å². The fourth-order valence-electron chi connectivity index (χ4n) is 1.73. The molecule has 2 aromatic carbocycles. The zero-order valence-electron chi connectivity index (χ0n) is 10.7. The largest absolute Gasteiger partial charge is 0.392 e.